The zero-order chi connectivity index (χ0) is 11.2. The molecule has 1 saturated heterocycles. The fourth-order valence-electron chi connectivity index (χ4n) is 1.83. The smallest absolute Gasteiger partial charge is 0.0993 e. The predicted molar refractivity (Wildman–Crippen MR) is 72.5 cm³/mol. The summed E-state index contributed by atoms with van der Waals surface area (Å²) in [6, 6.07) is 5.74. The molecule has 92 valence electrons. The largest absolute Gasteiger partial charge is 0.316 e. The van der Waals surface area contributed by atoms with Crippen LogP contribution in [-0.4, -0.2) is 23.8 Å². The molecule has 0 aromatic carbocycles. The average molecular weight is 270 g/mol. The fourth-order valence-corrected chi connectivity index (χ4v) is 2.86. The lowest BCUT2D eigenvalue weighted by Gasteiger charge is -2.21. The molecular weight excluding hydrogens is 254 g/mol. The van der Waals surface area contributed by atoms with Crippen molar-refractivity contribution in [3.63, 3.8) is 0 Å². The second-order valence-electron chi connectivity index (χ2n) is 4.02. The molecule has 0 amide bonds. The normalized spacial score (nSPS) is 19.1. The van der Waals surface area contributed by atoms with Gasteiger partial charge in [0.15, 0.2) is 0 Å². The van der Waals surface area contributed by atoms with Crippen molar-refractivity contribution in [1.29, 1.82) is 5.26 Å². The summed E-state index contributed by atoms with van der Waals surface area (Å²) in [5.41, 5.74) is 0.694. The Morgan fingerprint density at radius 3 is 3.18 bits per heavy atom. The van der Waals surface area contributed by atoms with Crippen molar-refractivity contribution in [2.24, 2.45) is 5.92 Å². The monoisotopic (exact) mass is 269 g/mol. The Bertz CT molecular complexity index is 386. The molecule has 17 heavy (non-hydrogen) atoms. The minimum atomic E-state index is 0. The maximum absolute atomic E-state index is 8.78. The van der Waals surface area contributed by atoms with Gasteiger partial charge in [-0.15, -0.1) is 24.2 Å². The van der Waals surface area contributed by atoms with Crippen LogP contribution >= 0.6 is 24.2 Å². The van der Waals surface area contributed by atoms with Crippen LogP contribution in [0.15, 0.2) is 23.4 Å². The van der Waals surface area contributed by atoms with Crippen molar-refractivity contribution in [2.45, 2.75) is 17.9 Å². The first-order valence-corrected chi connectivity index (χ1v) is 6.57. The lowest BCUT2D eigenvalue weighted by molar-refractivity contribution is 0.410. The summed E-state index contributed by atoms with van der Waals surface area (Å²) >= 11 is 1.75. The molecule has 0 saturated carbocycles. The number of hydrogen-bond acceptors (Lipinski definition) is 4. The van der Waals surface area contributed by atoms with Crippen LogP contribution in [0.1, 0.15) is 18.4 Å². The van der Waals surface area contributed by atoms with Crippen molar-refractivity contribution in [1.82, 2.24) is 10.3 Å². The number of rotatable bonds is 3. The van der Waals surface area contributed by atoms with Gasteiger partial charge in [0.05, 0.1) is 16.7 Å². The van der Waals surface area contributed by atoms with E-state index in [-0.39, 0.29) is 12.4 Å². The van der Waals surface area contributed by atoms with Gasteiger partial charge < -0.3 is 5.32 Å². The Balaban J connectivity index is 0.00000144. The molecule has 3 nitrogen and oxygen atoms in total. The van der Waals surface area contributed by atoms with Crippen LogP contribution in [0.25, 0.3) is 0 Å². The third-order valence-corrected chi connectivity index (χ3v) is 3.89. The maximum atomic E-state index is 8.78. The van der Waals surface area contributed by atoms with E-state index in [0.717, 1.165) is 29.8 Å². The Morgan fingerprint density at radius 1 is 1.59 bits per heavy atom. The van der Waals surface area contributed by atoms with Gasteiger partial charge in [-0.3, -0.25) is 0 Å². The third kappa shape index (κ3) is 4.55. The molecule has 1 unspecified atom stereocenters. The van der Waals surface area contributed by atoms with E-state index in [9.17, 15) is 0 Å². The zero-order valence-electron chi connectivity index (χ0n) is 9.56. The van der Waals surface area contributed by atoms with Gasteiger partial charge in [0.2, 0.25) is 0 Å². The van der Waals surface area contributed by atoms with Gasteiger partial charge in [0, 0.05) is 11.9 Å². The van der Waals surface area contributed by atoms with Crippen LogP contribution in [-0.2, 0) is 0 Å². The number of nitriles is 1. The number of nitrogens with one attached hydrogen (secondary N) is 1. The van der Waals surface area contributed by atoms with Crippen molar-refractivity contribution in [2.75, 3.05) is 18.8 Å². The van der Waals surface area contributed by atoms with Crippen LogP contribution in [0.5, 0.6) is 0 Å². The summed E-state index contributed by atoms with van der Waals surface area (Å²) < 4.78 is 0. The first-order chi connectivity index (χ1) is 7.88. The van der Waals surface area contributed by atoms with Crippen molar-refractivity contribution in [3.8, 4) is 6.07 Å². The molecule has 0 radical (unpaired) electrons. The van der Waals surface area contributed by atoms with Gasteiger partial charge in [-0.1, -0.05) is 0 Å². The number of halogens is 1. The van der Waals surface area contributed by atoms with Gasteiger partial charge in [-0.25, -0.2) is 4.98 Å². The van der Waals surface area contributed by atoms with Crippen LogP contribution in [0, 0.1) is 17.2 Å². The molecule has 0 aliphatic carbocycles. The van der Waals surface area contributed by atoms with Crippen molar-refractivity contribution >= 4 is 24.2 Å². The van der Waals surface area contributed by atoms with E-state index in [2.05, 4.69) is 16.4 Å². The summed E-state index contributed by atoms with van der Waals surface area (Å²) in [6.45, 7) is 2.27. The van der Waals surface area contributed by atoms with E-state index in [1.54, 1.807) is 24.0 Å². The molecule has 1 aromatic rings. The molecule has 0 bridgehead atoms. The molecule has 1 aromatic heterocycles. The number of aromatic nitrogens is 1. The highest BCUT2D eigenvalue weighted by molar-refractivity contribution is 7.99. The first-order valence-electron chi connectivity index (χ1n) is 5.58. The average Bonchev–Trinajstić information content (AvgIpc) is 2.38. The summed E-state index contributed by atoms with van der Waals surface area (Å²) in [5, 5.41) is 13.2. The van der Waals surface area contributed by atoms with Gasteiger partial charge in [-0.05, 0) is 44.0 Å². The van der Waals surface area contributed by atoms with Crippen molar-refractivity contribution < 1.29 is 0 Å². The van der Waals surface area contributed by atoms with Crippen LogP contribution in [0.4, 0.5) is 0 Å². The summed E-state index contributed by atoms with van der Waals surface area (Å²) in [6.07, 6.45) is 4.29. The molecular formula is C12H16ClN3S. The van der Waals surface area contributed by atoms with E-state index < -0.39 is 0 Å². The zero-order valence-corrected chi connectivity index (χ0v) is 11.2. The SMILES string of the molecule is Cl.N#Cc1ccnc(SCC2CCCNC2)c1. The second-order valence-corrected chi connectivity index (χ2v) is 5.06. The molecule has 1 aliphatic rings. The van der Waals surface area contributed by atoms with E-state index >= 15 is 0 Å². The van der Waals surface area contributed by atoms with E-state index in [0.29, 0.717) is 5.56 Å². The topological polar surface area (TPSA) is 48.7 Å². The Hall–Kier alpha value is -0.760. The standard InChI is InChI=1S/C12H15N3S.ClH/c13-7-10-3-5-15-12(6-10)16-9-11-2-1-4-14-8-11;/h3,5-6,11,14H,1-2,4,8-9H2;1H. The molecule has 1 atom stereocenters. The quantitative estimate of drug-likeness (QED) is 0.857. The third-order valence-electron chi connectivity index (χ3n) is 2.73. The number of piperidine rings is 1. The molecule has 1 aliphatic heterocycles. The molecule has 2 rings (SSSR count). The van der Waals surface area contributed by atoms with Crippen LogP contribution in [0.2, 0.25) is 0 Å². The van der Waals surface area contributed by atoms with Gasteiger partial charge in [-0.2, -0.15) is 5.26 Å². The van der Waals surface area contributed by atoms with Gasteiger partial charge in [0.1, 0.15) is 0 Å². The molecule has 1 N–H and O–H groups in total. The maximum Gasteiger partial charge on any atom is 0.0993 e. The van der Waals surface area contributed by atoms with Crippen molar-refractivity contribution in [3.05, 3.63) is 23.9 Å². The lowest BCUT2D eigenvalue weighted by Crippen LogP contribution is -2.30. The van der Waals surface area contributed by atoms with E-state index in [1.165, 1.54) is 12.8 Å². The highest BCUT2D eigenvalue weighted by Gasteiger charge is 2.13. The Labute approximate surface area is 112 Å². The minimum absolute atomic E-state index is 0. The summed E-state index contributed by atoms with van der Waals surface area (Å²) in [4.78, 5) is 4.26. The molecule has 2 heterocycles. The first kappa shape index (κ1) is 14.3. The predicted octanol–water partition coefficient (Wildman–Crippen LogP) is 2.47. The van der Waals surface area contributed by atoms with Gasteiger partial charge in [0.25, 0.3) is 0 Å². The summed E-state index contributed by atoms with van der Waals surface area (Å²) in [7, 11) is 0. The highest BCUT2D eigenvalue weighted by atomic mass is 35.5. The van der Waals surface area contributed by atoms with Crippen LogP contribution in [0.3, 0.4) is 0 Å². The van der Waals surface area contributed by atoms with E-state index in [4.69, 9.17) is 5.26 Å². The Kier molecular flexibility index (Phi) is 6.35. The Morgan fingerprint density at radius 2 is 2.47 bits per heavy atom. The number of pyridine rings is 1. The second kappa shape index (κ2) is 7.54. The number of hydrogen-bond donors (Lipinski definition) is 1. The fraction of sp³-hybridized carbons (Fsp3) is 0.500. The lowest BCUT2D eigenvalue weighted by atomic mass is 10.0. The molecule has 0 spiro atoms. The van der Waals surface area contributed by atoms with Crippen LogP contribution < -0.4 is 5.32 Å². The summed E-state index contributed by atoms with van der Waals surface area (Å²) in [5.74, 6) is 1.83. The minimum Gasteiger partial charge on any atom is -0.316 e. The highest BCUT2D eigenvalue weighted by Crippen LogP contribution is 2.22. The number of nitrogens with zero attached hydrogens (tertiary/aromatic N) is 2. The van der Waals surface area contributed by atoms with E-state index in [1.807, 2.05) is 6.07 Å². The number of thioether (sulfide) groups is 1. The van der Waals surface area contributed by atoms with Gasteiger partial charge >= 0.3 is 0 Å². The molecule has 1 fully saturated rings. The molecule has 5 heteroatoms.